The molecular weight excluding hydrogens is 276 g/mol. The number of rotatable bonds is 2. The zero-order valence-electron chi connectivity index (χ0n) is 10.8. The Labute approximate surface area is 121 Å². The molecule has 1 heterocycles. The van der Waals surface area contributed by atoms with Crippen LogP contribution >= 0.6 is 11.6 Å². The van der Waals surface area contributed by atoms with Gasteiger partial charge in [-0.2, -0.15) is 0 Å². The molecule has 0 N–H and O–H groups in total. The van der Waals surface area contributed by atoms with E-state index in [1.165, 1.54) is 0 Å². The Morgan fingerprint density at radius 2 is 1.90 bits per heavy atom. The number of ketones is 1. The molecule has 0 unspecified atom stereocenters. The number of Topliss-reactive ketones (excluding diaryl/α,β-unsaturated/α-hetero) is 1. The van der Waals surface area contributed by atoms with Crippen molar-refractivity contribution in [2.45, 2.75) is 25.7 Å². The normalized spacial score (nSPS) is 14.2. The van der Waals surface area contributed by atoms with Gasteiger partial charge in [-0.05, 0) is 24.1 Å². The number of halogens is 1. The van der Waals surface area contributed by atoms with Crippen LogP contribution in [0.15, 0.2) is 39.5 Å². The van der Waals surface area contributed by atoms with Crippen LogP contribution in [0, 0.1) is 0 Å². The van der Waals surface area contributed by atoms with Gasteiger partial charge in [0, 0.05) is 29.8 Å². The van der Waals surface area contributed by atoms with Gasteiger partial charge in [0.25, 0.3) is 0 Å². The molecule has 1 aliphatic carbocycles. The van der Waals surface area contributed by atoms with E-state index in [-0.39, 0.29) is 11.4 Å². The van der Waals surface area contributed by atoms with Crippen LogP contribution in [0.4, 0.5) is 0 Å². The maximum Gasteiger partial charge on any atom is 0.339 e. The van der Waals surface area contributed by atoms with E-state index in [0.29, 0.717) is 41.2 Å². The molecule has 0 radical (unpaired) electrons. The van der Waals surface area contributed by atoms with Gasteiger partial charge in [-0.15, -0.1) is 0 Å². The van der Waals surface area contributed by atoms with E-state index in [9.17, 15) is 9.59 Å². The SMILES string of the molecule is O=C1CCCc2oc(=O)c(Cc3ccccc3Cl)cc21. The largest absolute Gasteiger partial charge is 0.427 e. The van der Waals surface area contributed by atoms with Gasteiger partial charge in [0.2, 0.25) is 0 Å². The Balaban J connectivity index is 2.03. The van der Waals surface area contributed by atoms with E-state index in [1.807, 2.05) is 18.2 Å². The maximum absolute atomic E-state index is 12.0. The maximum atomic E-state index is 12.0. The average Bonchev–Trinajstić information content (AvgIpc) is 2.43. The molecule has 4 heteroatoms. The molecule has 0 fully saturated rings. The van der Waals surface area contributed by atoms with Crippen LogP contribution in [0.25, 0.3) is 0 Å². The second-order valence-electron chi connectivity index (χ2n) is 4.94. The van der Waals surface area contributed by atoms with Crippen LogP contribution in [0.1, 0.15) is 40.1 Å². The fraction of sp³-hybridized carbons (Fsp3) is 0.250. The number of benzene rings is 1. The minimum Gasteiger partial charge on any atom is -0.427 e. The van der Waals surface area contributed by atoms with Gasteiger partial charge in [-0.3, -0.25) is 4.79 Å². The minimum absolute atomic E-state index is 0.0513. The monoisotopic (exact) mass is 288 g/mol. The lowest BCUT2D eigenvalue weighted by molar-refractivity contribution is 0.0965. The summed E-state index contributed by atoms with van der Waals surface area (Å²) < 4.78 is 5.29. The summed E-state index contributed by atoms with van der Waals surface area (Å²) in [6.45, 7) is 0. The molecule has 20 heavy (non-hydrogen) atoms. The van der Waals surface area contributed by atoms with E-state index in [2.05, 4.69) is 0 Å². The fourth-order valence-electron chi connectivity index (χ4n) is 2.48. The number of hydrogen-bond donors (Lipinski definition) is 0. The third-order valence-electron chi connectivity index (χ3n) is 3.54. The Morgan fingerprint density at radius 3 is 2.70 bits per heavy atom. The molecule has 3 rings (SSSR count). The zero-order valence-corrected chi connectivity index (χ0v) is 11.6. The summed E-state index contributed by atoms with van der Waals surface area (Å²) in [6.07, 6.45) is 2.30. The molecule has 0 saturated carbocycles. The van der Waals surface area contributed by atoms with Gasteiger partial charge in [-0.1, -0.05) is 29.8 Å². The Bertz CT molecular complexity index is 731. The molecule has 0 saturated heterocycles. The highest BCUT2D eigenvalue weighted by Gasteiger charge is 2.21. The molecule has 1 aliphatic rings. The summed E-state index contributed by atoms with van der Waals surface area (Å²) in [5.41, 5.74) is 1.51. The van der Waals surface area contributed by atoms with Crippen molar-refractivity contribution in [3.05, 3.63) is 68.2 Å². The van der Waals surface area contributed by atoms with Gasteiger partial charge >= 0.3 is 5.63 Å². The van der Waals surface area contributed by atoms with Crippen molar-refractivity contribution in [3.8, 4) is 0 Å². The van der Waals surface area contributed by atoms with Crippen LogP contribution in [-0.4, -0.2) is 5.78 Å². The molecular formula is C16H13ClO3. The molecule has 1 aromatic carbocycles. The fourth-order valence-corrected chi connectivity index (χ4v) is 2.68. The van der Waals surface area contributed by atoms with Crippen LogP contribution in [0.2, 0.25) is 5.02 Å². The minimum atomic E-state index is -0.377. The summed E-state index contributed by atoms with van der Waals surface area (Å²) in [5, 5.41) is 0.607. The highest BCUT2D eigenvalue weighted by molar-refractivity contribution is 6.31. The average molecular weight is 289 g/mol. The van der Waals surface area contributed by atoms with Crippen LogP contribution in [0.3, 0.4) is 0 Å². The van der Waals surface area contributed by atoms with E-state index in [4.69, 9.17) is 16.0 Å². The standard InChI is InChI=1S/C16H13ClO3/c17-13-5-2-1-4-10(13)8-11-9-12-14(18)6-3-7-15(12)20-16(11)19/h1-2,4-5,9H,3,6-8H2. The number of carbonyl (C=O) groups excluding carboxylic acids is 1. The smallest absolute Gasteiger partial charge is 0.339 e. The summed E-state index contributed by atoms with van der Waals surface area (Å²) in [4.78, 5) is 23.9. The number of carbonyl (C=O) groups is 1. The number of aryl methyl sites for hydroxylation is 1. The third-order valence-corrected chi connectivity index (χ3v) is 3.91. The molecule has 0 bridgehead atoms. The summed E-state index contributed by atoms with van der Waals surface area (Å²) in [6, 6.07) is 9.02. The van der Waals surface area contributed by atoms with Crippen molar-refractivity contribution in [1.82, 2.24) is 0 Å². The quantitative estimate of drug-likeness (QED) is 0.851. The number of fused-ring (bicyclic) bond motifs is 1. The van der Waals surface area contributed by atoms with Crippen molar-refractivity contribution in [3.63, 3.8) is 0 Å². The molecule has 0 aliphatic heterocycles. The molecule has 0 atom stereocenters. The number of hydrogen-bond acceptors (Lipinski definition) is 3. The first kappa shape index (κ1) is 13.1. The predicted molar refractivity (Wildman–Crippen MR) is 76.5 cm³/mol. The molecule has 1 aromatic heterocycles. The van der Waals surface area contributed by atoms with Gasteiger partial charge in [0.1, 0.15) is 5.76 Å². The molecule has 102 valence electrons. The lowest BCUT2D eigenvalue weighted by Gasteiger charge is -2.13. The molecule has 0 spiro atoms. The second kappa shape index (κ2) is 5.25. The molecule has 2 aromatic rings. The van der Waals surface area contributed by atoms with Gasteiger partial charge in [0.05, 0.1) is 5.56 Å². The Morgan fingerprint density at radius 1 is 1.10 bits per heavy atom. The van der Waals surface area contributed by atoms with Gasteiger partial charge < -0.3 is 4.42 Å². The Hall–Kier alpha value is -1.87. The first-order valence-corrected chi connectivity index (χ1v) is 6.95. The Kier molecular flexibility index (Phi) is 3.45. The topological polar surface area (TPSA) is 47.3 Å². The van der Waals surface area contributed by atoms with E-state index in [1.54, 1.807) is 12.1 Å². The lowest BCUT2D eigenvalue weighted by Crippen LogP contribution is -2.18. The zero-order chi connectivity index (χ0) is 14.1. The van der Waals surface area contributed by atoms with Gasteiger partial charge in [-0.25, -0.2) is 4.79 Å². The highest BCUT2D eigenvalue weighted by atomic mass is 35.5. The van der Waals surface area contributed by atoms with Crippen LogP contribution in [0.5, 0.6) is 0 Å². The second-order valence-corrected chi connectivity index (χ2v) is 5.35. The third kappa shape index (κ3) is 2.41. The van der Waals surface area contributed by atoms with E-state index < -0.39 is 0 Å². The van der Waals surface area contributed by atoms with Crippen molar-refractivity contribution in [1.29, 1.82) is 0 Å². The highest BCUT2D eigenvalue weighted by Crippen LogP contribution is 2.23. The lowest BCUT2D eigenvalue weighted by atomic mass is 9.94. The van der Waals surface area contributed by atoms with E-state index >= 15 is 0 Å². The van der Waals surface area contributed by atoms with Crippen molar-refractivity contribution in [2.24, 2.45) is 0 Å². The summed E-state index contributed by atoms with van der Waals surface area (Å²) in [5.74, 6) is 0.574. The predicted octanol–water partition coefficient (Wildman–Crippen LogP) is 3.40. The summed E-state index contributed by atoms with van der Waals surface area (Å²) >= 11 is 6.10. The van der Waals surface area contributed by atoms with Crippen LogP contribution < -0.4 is 5.63 Å². The summed E-state index contributed by atoms with van der Waals surface area (Å²) in [7, 11) is 0. The molecule has 0 amide bonds. The van der Waals surface area contributed by atoms with Crippen molar-refractivity contribution < 1.29 is 9.21 Å². The van der Waals surface area contributed by atoms with Crippen molar-refractivity contribution in [2.75, 3.05) is 0 Å². The van der Waals surface area contributed by atoms with E-state index in [0.717, 1.165) is 12.0 Å². The first-order chi connectivity index (χ1) is 9.65. The van der Waals surface area contributed by atoms with Crippen molar-refractivity contribution >= 4 is 17.4 Å². The molecule has 3 nitrogen and oxygen atoms in total. The van der Waals surface area contributed by atoms with Crippen LogP contribution in [-0.2, 0) is 12.8 Å². The van der Waals surface area contributed by atoms with Gasteiger partial charge in [0.15, 0.2) is 5.78 Å². The first-order valence-electron chi connectivity index (χ1n) is 6.57.